The zero-order chi connectivity index (χ0) is 22.2. The van der Waals surface area contributed by atoms with Crippen LogP contribution >= 0.6 is 11.6 Å². The van der Waals surface area contributed by atoms with Gasteiger partial charge in [-0.2, -0.15) is 5.10 Å². The molecule has 0 aliphatic carbocycles. The number of aryl methyl sites for hydroxylation is 1. The van der Waals surface area contributed by atoms with E-state index < -0.39 is 17.7 Å². The van der Waals surface area contributed by atoms with Crippen LogP contribution in [0.25, 0.3) is 0 Å². The van der Waals surface area contributed by atoms with E-state index in [-0.39, 0.29) is 17.9 Å². The number of ether oxygens (including phenoxy) is 2. The number of amides is 1. The van der Waals surface area contributed by atoms with E-state index in [1.54, 1.807) is 42.5 Å². The summed E-state index contributed by atoms with van der Waals surface area (Å²) in [7, 11) is 0. The number of rotatable bonds is 7. The van der Waals surface area contributed by atoms with Gasteiger partial charge >= 0.3 is 5.97 Å². The van der Waals surface area contributed by atoms with Gasteiger partial charge in [-0.3, -0.25) is 4.79 Å². The molecule has 0 aliphatic heterocycles. The van der Waals surface area contributed by atoms with Crippen LogP contribution < -0.4 is 14.9 Å². The molecule has 0 bridgehead atoms. The van der Waals surface area contributed by atoms with E-state index in [1.165, 1.54) is 24.4 Å². The van der Waals surface area contributed by atoms with Crippen molar-refractivity contribution >= 4 is 29.7 Å². The predicted octanol–water partition coefficient (Wildman–Crippen LogP) is 4.54. The van der Waals surface area contributed by atoms with Gasteiger partial charge in [0, 0.05) is 5.02 Å². The van der Waals surface area contributed by atoms with Crippen LogP contribution in [0.3, 0.4) is 0 Å². The molecule has 1 N–H and O–H groups in total. The Labute approximate surface area is 183 Å². The van der Waals surface area contributed by atoms with E-state index >= 15 is 0 Å². The fourth-order valence-corrected chi connectivity index (χ4v) is 2.62. The van der Waals surface area contributed by atoms with Crippen molar-refractivity contribution in [2.45, 2.75) is 6.92 Å². The molecule has 0 heterocycles. The maximum atomic E-state index is 13.2. The van der Waals surface area contributed by atoms with Gasteiger partial charge in [-0.1, -0.05) is 29.8 Å². The fourth-order valence-electron chi connectivity index (χ4n) is 2.51. The lowest BCUT2D eigenvalue weighted by Gasteiger charge is -2.07. The third kappa shape index (κ3) is 6.65. The summed E-state index contributed by atoms with van der Waals surface area (Å²) < 4.78 is 23.9. The molecule has 3 aromatic carbocycles. The first-order chi connectivity index (χ1) is 14.9. The highest BCUT2D eigenvalue weighted by molar-refractivity contribution is 6.31. The molecule has 0 atom stereocenters. The molecule has 0 saturated carbocycles. The van der Waals surface area contributed by atoms with Gasteiger partial charge in [0.15, 0.2) is 6.61 Å². The third-order valence-electron chi connectivity index (χ3n) is 4.03. The first-order valence-corrected chi connectivity index (χ1v) is 9.57. The van der Waals surface area contributed by atoms with Crippen LogP contribution in [0.2, 0.25) is 5.02 Å². The molecule has 0 radical (unpaired) electrons. The van der Waals surface area contributed by atoms with Gasteiger partial charge in [-0.25, -0.2) is 14.6 Å². The summed E-state index contributed by atoms with van der Waals surface area (Å²) in [5, 5.41) is 4.48. The van der Waals surface area contributed by atoms with Gasteiger partial charge in [-0.15, -0.1) is 0 Å². The quantitative estimate of drug-likeness (QED) is 0.253. The highest BCUT2D eigenvalue weighted by atomic mass is 35.5. The Bertz CT molecular complexity index is 1130. The second-order valence-corrected chi connectivity index (χ2v) is 6.87. The molecule has 8 heteroatoms. The molecule has 3 aromatic rings. The van der Waals surface area contributed by atoms with Gasteiger partial charge in [0.1, 0.15) is 17.3 Å². The topological polar surface area (TPSA) is 77.0 Å². The Hall–Kier alpha value is -3.71. The minimum atomic E-state index is -0.684. The highest BCUT2D eigenvalue weighted by Gasteiger charge is 2.09. The van der Waals surface area contributed by atoms with E-state index in [0.717, 1.165) is 11.6 Å². The largest absolute Gasteiger partial charge is 0.484 e. The molecule has 0 fully saturated rings. The van der Waals surface area contributed by atoms with E-state index in [1.807, 2.05) is 6.92 Å². The fraction of sp³-hybridized carbons (Fsp3) is 0.0870. The number of nitrogens with zero attached hydrogens (tertiary/aromatic N) is 1. The van der Waals surface area contributed by atoms with Crippen molar-refractivity contribution in [3.63, 3.8) is 0 Å². The lowest BCUT2D eigenvalue weighted by molar-refractivity contribution is -0.123. The van der Waals surface area contributed by atoms with Crippen molar-refractivity contribution < 1.29 is 23.5 Å². The molecule has 3 rings (SSSR count). The summed E-state index contributed by atoms with van der Waals surface area (Å²) in [6.45, 7) is 1.62. The average molecular weight is 441 g/mol. The number of benzene rings is 3. The summed E-state index contributed by atoms with van der Waals surface area (Å²) in [6, 6.07) is 16.8. The Kier molecular flexibility index (Phi) is 7.35. The third-order valence-corrected chi connectivity index (χ3v) is 4.46. The number of nitrogens with one attached hydrogen (secondary N) is 1. The number of hydrazone groups is 1. The van der Waals surface area contributed by atoms with Crippen molar-refractivity contribution in [1.82, 2.24) is 5.43 Å². The van der Waals surface area contributed by atoms with Gasteiger partial charge in [-0.05, 0) is 66.6 Å². The molecule has 0 spiro atoms. The Morgan fingerprint density at radius 1 is 1.06 bits per heavy atom. The minimum absolute atomic E-state index is 0.0993. The zero-order valence-electron chi connectivity index (χ0n) is 16.5. The molecule has 158 valence electrons. The summed E-state index contributed by atoms with van der Waals surface area (Å²) in [6.07, 6.45) is 1.39. The Morgan fingerprint density at radius 2 is 1.87 bits per heavy atom. The highest BCUT2D eigenvalue weighted by Crippen LogP contribution is 2.21. The lowest BCUT2D eigenvalue weighted by Crippen LogP contribution is -2.24. The van der Waals surface area contributed by atoms with Crippen molar-refractivity contribution in [2.24, 2.45) is 5.10 Å². The van der Waals surface area contributed by atoms with E-state index in [9.17, 15) is 14.0 Å². The summed E-state index contributed by atoms with van der Waals surface area (Å²) in [5.41, 5.74) is 3.87. The first-order valence-electron chi connectivity index (χ1n) is 9.19. The van der Waals surface area contributed by atoms with Crippen LogP contribution in [0.15, 0.2) is 71.8 Å². The van der Waals surface area contributed by atoms with E-state index in [2.05, 4.69) is 10.5 Å². The van der Waals surface area contributed by atoms with Gasteiger partial charge in [0.2, 0.25) is 0 Å². The van der Waals surface area contributed by atoms with Crippen LogP contribution in [0.5, 0.6) is 11.5 Å². The normalized spacial score (nSPS) is 10.7. The zero-order valence-corrected chi connectivity index (χ0v) is 17.2. The molecule has 0 saturated heterocycles. The van der Waals surface area contributed by atoms with Crippen LogP contribution in [0.4, 0.5) is 4.39 Å². The number of hydrogen-bond donors (Lipinski definition) is 1. The summed E-state index contributed by atoms with van der Waals surface area (Å²) >= 11 is 5.95. The summed E-state index contributed by atoms with van der Waals surface area (Å²) in [5.74, 6) is -0.880. The first kappa shape index (κ1) is 22.0. The summed E-state index contributed by atoms with van der Waals surface area (Å²) in [4.78, 5) is 24.0. The van der Waals surface area contributed by atoms with Crippen LogP contribution in [-0.4, -0.2) is 24.7 Å². The van der Waals surface area contributed by atoms with E-state index in [0.29, 0.717) is 16.3 Å². The standard InChI is InChI=1S/C23H18ClFN2O4/c1-15-10-19(8-9-21(15)24)30-14-22(28)27-26-13-16-4-2-7-20(11-16)31-23(29)17-5-3-6-18(25)12-17/h2-13H,14H2,1H3,(H,27,28)/b26-13-. The molecular weight excluding hydrogens is 423 g/mol. The maximum Gasteiger partial charge on any atom is 0.343 e. The lowest BCUT2D eigenvalue weighted by atomic mass is 10.2. The SMILES string of the molecule is Cc1cc(OCC(=O)N/N=C\c2cccc(OC(=O)c3cccc(F)c3)c2)ccc1Cl. The molecule has 31 heavy (non-hydrogen) atoms. The molecule has 1 amide bonds. The molecule has 0 aliphatic rings. The van der Waals surface area contributed by atoms with E-state index in [4.69, 9.17) is 21.1 Å². The minimum Gasteiger partial charge on any atom is -0.484 e. The van der Waals surface area contributed by atoms with Crippen LogP contribution in [-0.2, 0) is 4.79 Å². The van der Waals surface area contributed by atoms with Gasteiger partial charge in [0.25, 0.3) is 5.91 Å². The number of halogens is 2. The average Bonchev–Trinajstić information content (AvgIpc) is 2.75. The number of esters is 1. The second kappa shape index (κ2) is 10.4. The predicted molar refractivity (Wildman–Crippen MR) is 115 cm³/mol. The number of hydrogen-bond acceptors (Lipinski definition) is 5. The smallest absolute Gasteiger partial charge is 0.343 e. The maximum absolute atomic E-state index is 13.2. The molecule has 0 aromatic heterocycles. The second-order valence-electron chi connectivity index (χ2n) is 6.47. The van der Waals surface area contributed by atoms with Crippen LogP contribution in [0, 0.1) is 12.7 Å². The monoisotopic (exact) mass is 440 g/mol. The molecule has 0 unspecified atom stereocenters. The molecule has 6 nitrogen and oxygen atoms in total. The Morgan fingerprint density at radius 3 is 2.65 bits per heavy atom. The van der Waals surface area contributed by atoms with Gasteiger partial charge in [0.05, 0.1) is 11.8 Å². The van der Waals surface area contributed by atoms with Crippen molar-refractivity contribution in [3.8, 4) is 11.5 Å². The van der Waals surface area contributed by atoms with Crippen molar-refractivity contribution in [1.29, 1.82) is 0 Å². The molecular formula is C23H18ClFN2O4. The Balaban J connectivity index is 1.52. The van der Waals surface area contributed by atoms with Gasteiger partial charge < -0.3 is 9.47 Å². The van der Waals surface area contributed by atoms with Crippen molar-refractivity contribution in [3.05, 3.63) is 94.3 Å². The number of carbonyl (C=O) groups excluding carboxylic acids is 2. The van der Waals surface area contributed by atoms with Crippen LogP contribution in [0.1, 0.15) is 21.5 Å². The number of carbonyl (C=O) groups is 2. The van der Waals surface area contributed by atoms with Crippen molar-refractivity contribution in [2.75, 3.05) is 6.61 Å².